The van der Waals surface area contributed by atoms with Crippen molar-refractivity contribution in [3.63, 3.8) is 0 Å². The highest BCUT2D eigenvalue weighted by Crippen LogP contribution is 2.51. The Morgan fingerprint density at radius 1 is 0.824 bits per heavy atom. The Morgan fingerprint density at radius 2 is 1.37 bits per heavy atom. The van der Waals surface area contributed by atoms with E-state index in [1.165, 1.54) is 0 Å². The van der Waals surface area contributed by atoms with Gasteiger partial charge in [-0.2, -0.15) is 5.26 Å². The molecule has 1 unspecified atom stereocenters. The van der Waals surface area contributed by atoms with Crippen molar-refractivity contribution in [2.75, 3.05) is 27.4 Å². The minimum absolute atomic E-state index is 0.165. The number of hydrogen-bond acceptors (Lipinski definition) is 8. The van der Waals surface area contributed by atoms with Crippen LogP contribution in [0.15, 0.2) is 103 Å². The number of rotatable bonds is 17. The number of nitrogens with zero attached hydrogens (tertiary/aromatic N) is 2. The molecule has 5 rings (SSSR count). The summed E-state index contributed by atoms with van der Waals surface area (Å²) in [5.41, 5.74) is 2.93. The maximum Gasteiger partial charge on any atom is 0.259 e. The smallest absolute Gasteiger partial charge is 0.259 e. The van der Waals surface area contributed by atoms with Crippen molar-refractivity contribution in [2.45, 2.75) is 76.5 Å². The summed E-state index contributed by atoms with van der Waals surface area (Å²) in [5, 5.41) is 9.30. The summed E-state index contributed by atoms with van der Waals surface area (Å²) in [4.78, 5) is 0. The summed E-state index contributed by atoms with van der Waals surface area (Å²) in [6.07, 6.45) is -0.0599. The van der Waals surface area contributed by atoms with E-state index in [2.05, 4.69) is 122 Å². The summed E-state index contributed by atoms with van der Waals surface area (Å²) in [6, 6.07) is 37.3. The molecule has 1 aliphatic heterocycles. The predicted molar refractivity (Wildman–Crippen MR) is 210 cm³/mol. The van der Waals surface area contributed by atoms with E-state index in [4.69, 9.17) is 28.0 Å². The van der Waals surface area contributed by atoms with Crippen LogP contribution in [0.25, 0.3) is 0 Å². The lowest BCUT2D eigenvalue weighted by atomic mass is 9.80. The highest BCUT2D eigenvalue weighted by molar-refractivity contribution is 14.1. The van der Waals surface area contributed by atoms with Gasteiger partial charge in [0, 0.05) is 22.1 Å². The van der Waals surface area contributed by atoms with Gasteiger partial charge in [0.05, 0.1) is 52.1 Å². The normalized spacial score (nSPS) is 18.3. The lowest BCUT2D eigenvalue weighted by Crippen LogP contribution is -2.39. The van der Waals surface area contributed by atoms with Gasteiger partial charge in [-0.05, 0) is 109 Å². The van der Waals surface area contributed by atoms with Crippen LogP contribution in [0.1, 0.15) is 68.9 Å². The molecule has 1 saturated heterocycles. The van der Waals surface area contributed by atoms with Crippen LogP contribution in [0.5, 0.6) is 11.5 Å². The van der Waals surface area contributed by atoms with E-state index >= 15 is 0 Å². The average molecular weight is 823 g/mol. The van der Waals surface area contributed by atoms with Crippen LogP contribution in [0.2, 0.25) is 0 Å². The van der Waals surface area contributed by atoms with Crippen molar-refractivity contribution in [3.8, 4) is 17.6 Å². The lowest BCUT2D eigenvalue weighted by molar-refractivity contribution is -0.0806. The number of hydrogen-bond donors (Lipinski definition) is 0. The Morgan fingerprint density at radius 3 is 1.88 bits per heavy atom. The molecule has 270 valence electrons. The van der Waals surface area contributed by atoms with Gasteiger partial charge < -0.3 is 28.0 Å². The van der Waals surface area contributed by atoms with Crippen LogP contribution in [0.3, 0.4) is 0 Å². The third-order valence-corrected chi connectivity index (χ3v) is 11.8. The first kappa shape index (κ1) is 39.1. The van der Waals surface area contributed by atoms with E-state index < -0.39 is 20.2 Å². The van der Waals surface area contributed by atoms with Gasteiger partial charge in [0.25, 0.3) is 8.53 Å². The largest absolute Gasteiger partial charge is 0.497 e. The van der Waals surface area contributed by atoms with Crippen LogP contribution in [0.4, 0.5) is 0 Å². The number of ether oxygens (including phenoxy) is 4. The highest BCUT2D eigenvalue weighted by Gasteiger charge is 2.44. The van der Waals surface area contributed by atoms with E-state index in [-0.39, 0.29) is 37.3 Å². The Hall–Kier alpha value is -3.07. The molecular weight excluding hydrogens is 774 g/mol. The first-order valence-corrected chi connectivity index (χ1v) is 19.6. The minimum Gasteiger partial charge on any atom is -0.497 e. The number of nitriles is 1. The molecule has 0 radical (unpaired) electrons. The molecular formula is C41H48IN2O6P. The fourth-order valence-electron chi connectivity index (χ4n) is 6.56. The second-order valence-corrected chi connectivity index (χ2v) is 15.6. The topological polar surface area (TPSA) is 82.4 Å². The molecule has 4 atom stereocenters. The van der Waals surface area contributed by atoms with Gasteiger partial charge in [-0.3, -0.25) is 0 Å². The summed E-state index contributed by atoms with van der Waals surface area (Å²) in [7, 11) is 1.82. The van der Waals surface area contributed by atoms with Gasteiger partial charge >= 0.3 is 0 Å². The van der Waals surface area contributed by atoms with Crippen molar-refractivity contribution < 1.29 is 28.0 Å². The maximum atomic E-state index is 9.30. The van der Waals surface area contributed by atoms with E-state index in [9.17, 15) is 5.26 Å². The lowest BCUT2D eigenvalue weighted by Gasteiger charge is -2.39. The summed E-state index contributed by atoms with van der Waals surface area (Å²) in [6.45, 7) is 9.09. The second kappa shape index (κ2) is 18.6. The average Bonchev–Trinajstić information content (AvgIpc) is 3.55. The SMILES string of the molecule is COc1ccc(C(OC[C@H]2O[C@@H](c3ccc(I)cc3)C[C@@H]2OP(OCCC#N)N(C(C)C)C(C)C)(c2ccccc2)c2ccc(OC)cc2)cc1. The van der Waals surface area contributed by atoms with E-state index in [1.54, 1.807) is 14.2 Å². The molecule has 1 fully saturated rings. The Bertz CT molecular complexity index is 1630. The highest BCUT2D eigenvalue weighted by atomic mass is 127. The van der Waals surface area contributed by atoms with Crippen LogP contribution in [0, 0.1) is 14.9 Å². The molecule has 1 heterocycles. The number of benzene rings is 4. The number of halogens is 1. The number of methoxy groups -OCH3 is 2. The molecule has 10 heteroatoms. The first-order valence-electron chi connectivity index (χ1n) is 17.3. The Kier molecular flexibility index (Phi) is 14.3. The van der Waals surface area contributed by atoms with Crippen molar-refractivity contribution in [3.05, 3.63) is 129 Å². The van der Waals surface area contributed by atoms with E-state index in [0.29, 0.717) is 13.0 Å². The van der Waals surface area contributed by atoms with Gasteiger partial charge in [-0.25, -0.2) is 4.67 Å². The quantitative estimate of drug-likeness (QED) is 0.0451. The van der Waals surface area contributed by atoms with Gasteiger partial charge in [0.1, 0.15) is 23.2 Å². The third kappa shape index (κ3) is 9.49. The molecule has 0 N–H and O–H groups in total. The summed E-state index contributed by atoms with van der Waals surface area (Å²) in [5.74, 6) is 1.51. The van der Waals surface area contributed by atoms with Crippen molar-refractivity contribution >= 4 is 31.1 Å². The molecule has 1 aliphatic rings. The van der Waals surface area contributed by atoms with Crippen molar-refractivity contribution in [2.24, 2.45) is 0 Å². The predicted octanol–water partition coefficient (Wildman–Crippen LogP) is 9.81. The van der Waals surface area contributed by atoms with E-state index in [1.807, 2.05) is 42.5 Å². The molecule has 0 saturated carbocycles. The molecule has 0 amide bonds. The van der Waals surface area contributed by atoms with E-state index in [0.717, 1.165) is 37.3 Å². The Labute approximate surface area is 318 Å². The van der Waals surface area contributed by atoms with Crippen LogP contribution >= 0.6 is 31.1 Å². The fraction of sp³-hybridized carbons (Fsp3) is 0.390. The maximum absolute atomic E-state index is 9.30. The second-order valence-electron chi connectivity index (χ2n) is 13.0. The summed E-state index contributed by atoms with van der Waals surface area (Å²) >= 11 is 2.32. The molecule has 0 aliphatic carbocycles. The molecule has 51 heavy (non-hydrogen) atoms. The van der Waals surface area contributed by atoms with Crippen molar-refractivity contribution in [1.29, 1.82) is 5.26 Å². The standard InChI is InChI=1S/C41H48IN2O6P/c1-29(2)44(30(3)4)51(48-26-10-25-43)50-39-27-38(31-13-19-35(42)20-14-31)49-40(39)28-47-41(32-11-8-7-9-12-32,33-15-21-36(45-5)22-16-33)34-17-23-37(46-6)24-18-34/h7-9,11-24,29-30,38-40H,10,26-28H2,1-6H3/t38-,39+,40-,51?/m1/s1. The monoisotopic (exact) mass is 822 g/mol. The van der Waals surface area contributed by atoms with Gasteiger partial charge in [0.15, 0.2) is 0 Å². The van der Waals surface area contributed by atoms with Gasteiger partial charge in [-0.1, -0.05) is 66.7 Å². The Balaban J connectivity index is 1.57. The van der Waals surface area contributed by atoms with Crippen LogP contribution in [-0.4, -0.2) is 56.4 Å². The first-order chi connectivity index (χ1) is 24.7. The molecule has 0 spiro atoms. The van der Waals surface area contributed by atoms with Gasteiger partial charge in [-0.15, -0.1) is 0 Å². The zero-order chi connectivity index (χ0) is 36.4. The third-order valence-electron chi connectivity index (χ3n) is 8.97. The zero-order valence-electron chi connectivity index (χ0n) is 30.2. The van der Waals surface area contributed by atoms with Crippen LogP contribution < -0.4 is 9.47 Å². The van der Waals surface area contributed by atoms with Gasteiger partial charge in [0.2, 0.25) is 0 Å². The van der Waals surface area contributed by atoms with Crippen molar-refractivity contribution in [1.82, 2.24) is 4.67 Å². The molecule has 8 nitrogen and oxygen atoms in total. The molecule has 0 bridgehead atoms. The zero-order valence-corrected chi connectivity index (χ0v) is 33.3. The minimum atomic E-state index is -1.51. The molecule has 4 aromatic rings. The molecule has 4 aromatic carbocycles. The molecule has 0 aromatic heterocycles. The van der Waals surface area contributed by atoms with Crippen LogP contribution in [-0.2, 0) is 24.1 Å². The fourth-order valence-corrected chi connectivity index (χ4v) is 8.68. The summed E-state index contributed by atoms with van der Waals surface area (Å²) < 4.78 is 42.0.